The predicted molar refractivity (Wildman–Crippen MR) is 111 cm³/mol. The summed E-state index contributed by atoms with van der Waals surface area (Å²) < 4.78 is 37.5. The van der Waals surface area contributed by atoms with Crippen LogP contribution in [-0.2, 0) is 9.53 Å². The van der Waals surface area contributed by atoms with Gasteiger partial charge < -0.3 is 14.6 Å². The van der Waals surface area contributed by atoms with Crippen LogP contribution in [0.4, 0.5) is 19.3 Å². The lowest BCUT2D eigenvalue weighted by Crippen LogP contribution is -2.18. The van der Waals surface area contributed by atoms with E-state index in [1.165, 1.54) is 17.6 Å². The van der Waals surface area contributed by atoms with Crippen LogP contribution < -0.4 is 15.5 Å². The summed E-state index contributed by atoms with van der Waals surface area (Å²) in [5.41, 5.74) is 1.80. The van der Waals surface area contributed by atoms with Gasteiger partial charge in [0, 0.05) is 18.6 Å². The topological polar surface area (TPSA) is 117 Å². The van der Waals surface area contributed by atoms with Crippen LogP contribution in [-0.4, -0.2) is 35.5 Å². The van der Waals surface area contributed by atoms with Crippen molar-refractivity contribution in [3.8, 4) is 5.75 Å². The minimum atomic E-state index is -0.954. The van der Waals surface area contributed by atoms with E-state index in [1.807, 2.05) is 0 Å². The molecule has 32 heavy (non-hydrogen) atoms. The Morgan fingerprint density at radius 1 is 1.09 bits per heavy atom. The van der Waals surface area contributed by atoms with Gasteiger partial charge in [-0.25, -0.2) is 19.1 Å². The molecule has 0 bridgehead atoms. The van der Waals surface area contributed by atoms with Gasteiger partial charge in [0.1, 0.15) is 30.1 Å². The molecule has 8 nitrogen and oxygen atoms in total. The van der Waals surface area contributed by atoms with Crippen LogP contribution in [0.2, 0.25) is 0 Å². The molecular formula is C22H22F2N2O6. The summed E-state index contributed by atoms with van der Waals surface area (Å²) in [6.45, 7) is -0.0123. The number of amides is 2. The number of hydroxylamine groups is 1. The van der Waals surface area contributed by atoms with Gasteiger partial charge in [-0.05, 0) is 29.8 Å². The van der Waals surface area contributed by atoms with Gasteiger partial charge in [0.2, 0.25) is 0 Å². The van der Waals surface area contributed by atoms with E-state index in [2.05, 4.69) is 5.32 Å². The molecule has 2 aromatic rings. The van der Waals surface area contributed by atoms with Crippen LogP contribution in [0.5, 0.6) is 5.75 Å². The van der Waals surface area contributed by atoms with E-state index < -0.39 is 29.7 Å². The third-order valence-corrected chi connectivity index (χ3v) is 3.98. The molecule has 0 saturated heterocycles. The number of carbonyl (C=O) groups is 2. The van der Waals surface area contributed by atoms with Crippen LogP contribution in [0.3, 0.4) is 0 Å². The standard InChI is InChI=1S/C22H22F2N2O6/c23-16-8-11-19(18(24)14-16)25-22(29)32-20(4-2-1-3-5-21(28)26-30)15-6-9-17(10-7-15)31-13-12-27/h1-3,5-11,14,20,27,30H,4,12-13H2,(H,25,29)(H,26,28)/b2-1+,5-3+/t20-/m1/s1. The van der Waals surface area contributed by atoms with E-state index in [0.717, 1.165) is 18.2 Å². The minimum Gasteiger partial charge on any atom is -0.491 e. The average Bonchev–Trinajstić information content (AvgIpc) is 2.78. The zero-order valence-electron chi connectivity index (χ0n) is 16.8. The van der Waals surface area contributed by atoms with Crippen molar-refractivity contribution in [3.05, 3.63) is 84.0 Å². The van der Waals surface area contributed by atoms with Crippen molar-refractivity contribution in [3.63, 3.8) is 0 Å². The smallest absolute Gasteiger partial charge is 0.412 e. The molecule has 170 valence electrons. The Kier molecular flexibility index (Phi) is 9.82. The Balaban J connectivity index is 2.11. The zero-order valence-corrected chi connectivity index (χ0v) is 16.8. The van der Waals surface area contributed by atoms with Gasteiger partial charge in [0.25, 0.3) is 5.91 Å². The first kappa shape index (κ1) is 24.5. The number of ether oxygens (including phenoxy) is 2. The maximum atomic E-state index is 13.8. The van der Waals surface area contributed by atoms with E-state index in [0.29, 0.717) is 17.4 Å². The molecule has 4 N–H and O–H groups in total. The molecule has 0 unspecified atom stereocenters. The van der Waals surface area contributed by atoms with E-state index in [4.69, 9.17) is 19.8 Å². The Morgan fingerprint density at radius 2 is 1.84 bits per heavy atom. The van der Waals surface area contributed by atoms with Crippen molar-refractivity contribution in [1.82, 2.24) is 5.48 Å². The highest BCUT2D eigenvalue weighted by Gasteiger charge is 2.17. The number of halogens is 2. The second-order valence-corrected chi connectivity index (χ2v) is 6.28. The number of anilines is 1. The van der Waals surface area contributed by atoms with Crippen LogP contribution in [0.15, 0.2) is 66.8 Å². The molecule has 0 aromatic heterocycles. The highest BCUT2D eigenvalue weighted by Crippen LogP contribution is 2.25. The fourth-order valence-corrected chi connectivity index (χ4v) is 2.51. The third kappa shape index (κ3) is 8.17. The number of hydrogen-bond acceptors (Lipinski definition) is 6. The van der Waals surface area contributed by atoms with Crippen LogP contribution >= 0.6 is 0 Å². The van der Waals surface area contributed by atoms with Gasteiger partial charge in [0.05, 0.1) is 12.3 Å². The number of carbonyl (C=O) groups excluding carboxylic acids is 2. The quantitative estimate of drug-likeness (QED) is 0.191. The SMILES string of the molecule is O=C(/C=C/C=C/C[C@@H](OC(=O)Nc1ccc(F)cc1F)c1ccc(OCCO)cc1)NO. The molecule has 2 aromatic carbocycles. The van der Waals surface area contributed by atoms with Crippen molar-refractivity contribution in [1.29, 1.82) is 0 Å². The molecule has 10 heteroatoms. The van der Waals surface area contributed by atoms with Gasteiger partial charge in [-0.3, -0.25) is 15.3 Å². The monoisotopic (exact) mass is 448 g/mol. The van der Waals surface area contributed by atoms with E-state index in [1.54, 1.807) is 30.3 Å². The summed E-state index contributed by atoms with van der Waals surface area (Å²) in [6, 6.07) is 9.29. The molecule has 0 fully saturated rings. The van der Waals surface area contributed by atoms with E-state index >= 15 is 0 Å². The van der Waals surface area contributed by atoms with Crippen molar-refractivity contribution in [2.45, 2.75) is 12.5 Å². The fourth-order valence-electron chi connectivity index (χ4n) is 2.51. The van der Waals surface area contributed by atoms with Gasteiger partial charge >= 0.3 is 6.09 Å². The maximum absolute atomic E-state index is 13.8. The predicted octanol–water partition coefficient (Wildman–Crippen LogP) is 3.63. The number of allylic oxidation sites excluding steroid dienone is 2. The number of aliphatic hydroxyl groups is 1. The zero-order chi connectivity index (χ0) is 23.3. The molecule has 0 aliphatic heterocycles. The van der Waals surface area contributed by atoms with Gasteiger partial charge in [-0.2, -0.15) is 0 Å². The highest BCUT2D eigenvalue weighted by atomic mass is 19.1. The molecular weight excluding hydrogens is 426 g/mol. The molecule has 0 radical (unpaired) electrons. The van der Waals surface area contributed by atoms with Crippen molar-refractivity contribution in [2.24, 2.45) is 0 Å². The lowest BCUT2D eigenvalue weighted by atomic mass is 10.1. The highest BCUT2D eigenvalue weighted by molar-refractivity contribution is 5.86. The average molecular weight is 448 g/mol. The largest absolute Gasteiger partial charge is 0.491 e. The molecule has 0 aliphatic rings. The first-order chi connectivity index (χ1) is 15.4. The number of nitrogens with one attached hydrogen (secondary N) is 2. The molecule has 0 heterocycles. The van der Waals surface area contributed by atoms with Gasteiger partial charge in [-0.15, -0.1) is 0 Å². The lowest BCUT2D eigenvalue weighted by molar-refractivity contribution is -0.124. The van der Waals surface area contributed by atoms with Crippen molar-refractivity contribution < 1.29 is 38.2 Å². The van der Waals surface area contributed by atoms with Crippen LogP contribution in [0, 0.1) is 11.6 Å². The first-order valence-corrected chi connectivity index (χ1v) is 9.46. The summed E-state index contributed by atoms with van der Waals surface area (Å²) in [4.78, 5) is 23.3. The second kappa shape index (κ2) is 12.8. The third-order valence-electron chi connectivity index (χ3n) is 3.98. The minimum absolute atomic E-state index is 0.126. The second-order valence-electron chi connectivity index (χ2n) is 6.28. The number of benzene rings is 2. The Morgan fingerprint density at radius 3 is 2.50 bits per heavy atom. The molecule has 0 spiro atoms. The number of hydrogen-bond donors (Lipinski definition) is 4. The van der Waals surface area contributed by atoms with Crippen LogP contribution in [0.25, 0.3) is 0 Å². The van der Waals surface area contributed by atoms with Gasteiger partial charge in [-0.1, -0.05) is 30.4 Å². The summed E-state index contributed by atoms with van der Waals surface area (Å²) >= 11 is 0. The molecule has 0 saturated carbocycles. The normalized spacial score (nSPS) is 12.0. The first-order valence-electron chi connectivity index (χ1n) is 9.46. The summed E-state index contributed by atoms with van der Waals surface area (Å²) in [5, 5.41) is 19.5. The van der Waals surface area contributed by atoms with Crippen molar-refractivity contribution >= 4 is 17.7 Å². The summed E-state index contributed by atoms with van der Waals surface area (Å²) in [6.07, 6.45) is 4.05. The Hall–Kier alpha value is -3.76. The van der Waals surface area contributed by atoms with E-state index in [-0.39, 0.29) is 25.3 Å². The maximum Gasteiger partial charge on any atom is 0.412 e. The van der Waals surface area contributed by atoms with Crippen molar-refractivity contribution in [2.75, 3.05) is 18.5 Å². The fraction of sp³-hybridized carbons (Fsp3) is 0.182. The van der Waals surface area contributed by atoms with E-state index in [9.17, 15) is 18.4 Å². The molecule has 2 amide bonds. The number of aliphatic hydroxyl groups excluding tert-OH is 1. The Labute approximate surface area is 182 Å². The van der Waals surface area contributed by atoms with Gasteiger partial charge in [0.15, 0.2) is 0 Å². The molecule has 2 rings (SSSR count). The number of rotatable bonds is 10. The summed E-state index contributed by atoms with van der Waals surface area (Å²) in [5.74, 6) is -1.93. The molecule has 0 aliphatic carbocycles. The molecule has 1 atom stereocenters. The lowest BCUT2D eigenvalue weighted by Gasteiger charge is -2.18. The Bertz CT molecular complexity index is 963. The van der Waals surface area contributed by atoms with Crippen LogP contribution in [0.1, 0.15) is 18.1 Å². The summed E-state index contributed by atoms with van der Waals surface area (Å²) in [7, 11) is 0.